The van der Waals surface area contributed by atoms with Crippen LogP contribution in [0.1, 0.15) is 22.3 Å². The SMILES string of the molecule is O=Cc1cccc(C#CCC(=O)O)c1. The van der Waals surface area contributed by atoms with Crippen molar-refractivity contribution < 1.29 is 14.7 Å². The van der Waals surface area contributed by atoms with Crippen molar-refractivity contribution in [3.63, 3.8) is 0 Å². The van der Waals surface area contributed by atoms with E-state index < -0.39 is 5.97 Å². The fourth-order valence-corrected chi connectivity index (χ4v) is 0.912. The summed E-state index contributed by atoms with van der Waals surface area (Å²) in [5.41, 5.74) is 1.18. The summed E-state index contributed by atoms with van der Waals surface area (Å²) < 4.78 is 0. The Morgan fingerprint density at radius 2 is 2.29 bits per heavy atom. The highest BCUT2D eigenvalue weighted by Gasteiger charge is 1.91. The lowest BCUT2D eigenvalue weighted by Gasteiger charge is -1.90. The zero-order valence-corrected chi connectivity index (χ0v) is 7.36. The fourth-order valence-electron chi connectivity index (χ4n) is 0.912. The lowest BCUT2D eigenvalue weighted by molar-refractivity contribution is -0.135. The Balaban J connectivity index is 2.79. The number of aldehydes is 1. The molecule has 1 rings (SSSR count). The molecule has 0 heterocycles. The Hall–Kier alpha value is -2.08. The first-order chi connectivity index (χ1) is 6.72. The zero-order chi connectivity index (χ0) is 10.4. The number of carbonyl (C=O) groups excluding carboxylic acids is 1. The van der Waals surface area contributed by atoms with E-state index in [1.54, 1.807) is 24.3 Å². The fraction of sp³-hybridized carbons (Fsp3) is 0.0909. The Bertz CT molecular complexity index is 410. The summed E-state index contributed by atoms with van der Waals surface area (Å²) in [5.74, 6) is 4.19. The number of carboxylic acids is 1. The average molecular weight is 188 g/mol. The molecule has 0 fully saturated rings. The maximum Gasteiger partial charge on any atom is 0.315 e. The van der Waals surface area contributed by atoms with Gasteiger partial charge in [-0.3, -0.25) is 9.59 Å². The van der Waals surface area contributed by atoms with Crippen LogP contribution < -0.4 is 0 Å². The molecule has 0 spiro atoms. The first-order valence-corrected chi connectivity index (χ1v) is 3.98. The van der Waals surface area contributed by atoms with Crippen LogP contribution in [-0.4, -0.2) is 17.4 Å². The summed E-state index contributed by atoms with van der Waals surface area (Å²) in [7, 11) is 0. The maximum atomic E-state index is 10.4. The van der Waals surface area contributed by atoms with Crippen LogP contribution in [0.15, 0.2) is 24.3 Å². The van der Waals surface area contributed by atoms with Gasteiger partial charge in [0, 0.05) is 11.1 Å². The molecule has 70 valence electrons. The summed E-state index contributed by atoms with van der Waals surface area (Å²) in [6.07, 6.45) is 0.535. The van der Waals surface area contributed by atoms with Gasteiger partial charge in [-0.1, -0.05) is 24.0 Å². The van der Waals surface area contributed by atoms with E-state index >= 15 is 0 Å². The van der Waals surface area contributed by atoms with Gasteiger partial charge in [-0.25, -0.2) is 0 Å². The van der Waals surface area contributed by atoms with Crippen LogP contribution in [-0.2, 0) is 4.79 Å². The number of carbonyl (C=O) groups is 2. The Labute approximate surface area is 81.4 Å². The van der Waals surface area contributed by atoms with Crippen LogP contribution in [0, 0.1) is 11.8 Å². The molecule has 1 N–H and O–H groups in total. The van der Waals surface area contributed by atoms with E-state index in [0.717, 1.165) is 6.29 Å². The molecule has 1 aromatic carbocycles. The van der Waals surface area contributed by atoms with Crippen molar-refractivity contribution in [2.24, 2.45) is 0 Å². The molecular formula is C11H8O3. The van der Waals surface area contributed by atoms with Crippen molar-refractivity contribution >= 4 is 12.3 Å². The lowest BCUT2D eigenvalue weighted by Crippen LogP contribution is -1.90. The smallest absolute Gasteiger partial charge is 0.315 e. The Kier molecular flexibility index (Phi) is 3.45. The van der Waals surface area contributed by atoms with Crippen molar-refractivity contribution in [3.8, 4) is 11.8 Å². The number of hydrogen-bond acceptors (Lipinski definition) is 2. The van der Waals surface area contributed by atoms with E-state index in [2.05, 4.69) is 11.8 Å². The number of aliphatic carboxylic acids is 1. The number of hydrogen-bond donors (Lipinski definition) is 1. The van der Waals surface area contributed by atoms with Gasteiger partial charge in [0.2, 0.25) is 0 Å². The van der Waals surface area contributed by atoms with Crippen LogP contribution >= 0.6 is 0 Å². The Morgan fingerprint density at radius 3 is 2.93 bits per heavy atom. The normalized spacial score (nSPS) is 8.57. The summed E-state index contributed by atoms with van der Waals surface area (Å²) >= 11 is 0. The van der Waals surface area contributed by atoms with E-state index in [9.17, 15) is 9.59 Å². The summed E-state index contributed by atoms with van der Waals surface area (Å²) in [5, 5.41) is 8.33. The molecule has 14 heavy (non-hydrogen) atoms. The van der Waals surface area contributed by atoms with E-state index in [1.807, 2.05) is 0 Å². The van der Waals surface area contributed by atoms with E-state index in [4.69, 9.17) is 5.11 Å². The quantitative estimate of drug-likeness (QED) is 0.562. The highest BCUT2D eigenvalue weighted by Crippen LogP contribution is 2.01. The first kappa shape index (κ1) is 10.0. The summed E-state index contributed by atoms with van der Waals surface area (Å²) in [4.78, 5) is 20.6. The van der Waals surface area contributed by atoms with E-state index in [0.29, 0.717) is 11.1 Å². The minimum atomic E-state index is -0.955. The third-order valence-corrected chi connectivity index (χ3v) is 1.50. The number of carboxylic acid groups (broad SMARTS) is 1. The molecule has 0 aliphatic rings. The minimum absolute atomic E-state index is 0.189. The molecule has 0 saturated heterocycles. The average Bonchev–Trinajstić information content (AvgIpc) is 2.18. The third kappa shape index (κ3) is 3.11. The number of benzene rings is 1. The summed E-state index contributed by atoms with van der Waals surface area (Å²) in [6.45, 7) is 0. The highest BCUT2D eigenvalue weighted by atomic mass is 16.4. The standard InChI is InChI=1S/C11H8O3/c12-8-10-5-1-3-9(7-10)4-2-6-11(13)14/h1,3,5,7-8H,6H2,(H,13,14). The van der Waals surface area contributed by atoms with Gasteiger partial charge in [-0.05, 0) is 12.1 Å². The van der Waals surface area contributed by atoms with Crippen molar-refractivity contribution in [3.05, 3.63) is 35.4 Å². The van der Waals surface area contributed by atoms with Gasteiger partial charge >= 0.3 is 5.97 Å². The van der Waals surface area contributed by atoms with Crippen LogP contribution in [0.25, 0.3) is 0 Å². The van der Waals surface area contributed by atoms with Crippen LogP contribution in [0.3, 0.4) is 0 Å². The molecule has 3 heteroatoms. The number of rotatable bonds is 2. The van der Waals surface area contributed by atoms with Crippen molar-refractivity contribution in [1.82, 2.24) is 0 Å². The molecule has 0 unspecified atom stereocenters. The van der Waals surface area contributed by atoms with Gasteiger partial charge in [0.05, 0.1) is 0 Å². The molecule has 0 radical (unpaired) electrons. The molecule has 0 saturated carbocycles. The van der Waals surface area contributed by atoms with Gasteiger partial charge in [0.15, 0.2) is 0 Å². The van der Waals surface area contributed by atoms with Gasteiger partial charge in [-0.15, -0.1) is 0 Å². The van der Waals surface area contributed by atoms with E-state index in [-0.39, 0.29) is 6.42 Å². The lowest BCUT2D eigenvalue weighted by atomic mass is 10.1. The van der Waals surface area contributed by atoms with Gasteiger partial charge < -0.3 is 5.11 Å². The molecule has 0 aromatic heterocycles. The topological polar surface area (TPSA) is 54.4 Å². The minimum Gasteiger partial charge on any atom is -0.481 e. The molecule has 1 aromatic rings. The zero-order valence-electron chi connectivity index (χ0n) is 7.36. The van der Waals surface area contributed by atoms with Crippen molar-refractivity contribution in [2.75, 3.05) is 0 Å². The molecule has 0 aliphatic heterocycles. The first-order valence-electron chi connectivity index (χ1n) is 3.98. The Morgan fingerprint density at radius 1 is 1.50 bits per heavy atom. The van der Waals surface area contributed by atoms with Gasteiger partial charge in [-0.2, -0.15) is 0 Å². The van der Waals surface area contributed by atoms with Crippen LogP contribution in [0.2, 0.25) is 0 Å². The highest BCUT2D eigenvalue weighted by molar-refractivity contribution is 5.75. The third-order valence-electron chi connectivity index (χ3n) is 1.50. The monoisotopic (exact) mass is 188 g/mol. The van der Waals surface area contributed by atoms with Crippen LogP contribution in [0.4, 0.5) is 0 Å². The predicted molar refractivity (Wildman–Crippen MR) is 51.0 cm³/mol. The molecular weight excluding hydrogens is 180 g/mol. The van der Waals surface area contributed by atoms with Gasteiger partial charge in [0.25, 0.3) is 0 Å². The second-order valence-corrected chi connectivity index (χ2v) is 2.62. The molecule has 0 amide bonds. The molecule has 0 bridgehead atoms. The van der Waals surface area contributed by atoms with Crippen molar-refractivity contribution in [2.45, 2.75) is 6.42 Å². The molecule has 0 aliphatic carbocycles. The van der Waals surface area contributed by atoms with Crippen LogP contribution in [0.5, 0.6) is 0 Å². The maximum absolute atomic E-state index is 10.4. The predicted octanol–water partition coefficient (Wildman–Crippen LogP) is 1.33. The second kappa shape index (κ2) is 4.83. The largest absolute Gasteiger partial charge is 0.481 e. The summed E-state index contributed by atoms with van der Waals surface area (Å²) in [6, 6.07) is 6.70. The molecule has 0 atom stereocenters. The second-order valence-electron chi connectivity index (χ2n) is 2.62. The van der Waals surface area contributed by atoms with E-state index in [1.165, 1.54) is 0 Å². The van der Waals surface area contributed by atoms with Gasteiger partial charge in [0.1, 0.15) is 12.7 Å². The molecule has 3 nitrogen and oxygen atoms in total. The van der Waals surface area contributed by atoms with Crippen molar-refractivity contribution in [1.29, 1.82) is 0 Å².